The Labute approximate surface area is 128 Å². The maximum absolute atomic E-state index is 13.7. The molecular formula is C16H20F2N2O2. The first-order chi connectivity index (χ1) is 10.6. The van der Waals surface area contributed by atoms with Crippen molar-refractivity contribution in [3.05, 3.63) is 35.4 Å². The van der Waals surface area contributed by atoms with E-state index in [2.05, 4.69) is 4.90 Å². The van der Waals surface area contributed by atoms with Crippen molar-refractivity contribution >= 4 is 5.91 Å². The molecule has 2 atom stereocenters. The lowest BCUT2D eigenvalue weighted by atomic mass is 10.1. The second kappa shape index (κ2) is 6.30. The van der Waals surface area contributed by atoms with Crippen molar-refractivity contribution in [2.75, 3.05) is 26.2 Å². The molecule has 1 saturated carbocycles. The zero-order chi connectivity index (χ0) is 15.7. The minimum Gasteiger partial charge on any atom is -0.391 e. The van der Waals surface area contributed by atoms with Crippen molar-refractivity contribution in [2.45, 2.75) is 31.4 Å². The number of aliphatic hydroxyl groups is 1. The fraction of sp³-hybridized carbons (Fsp3) is 0.562. The number of hydrogen-bond donors (Lipinski definition) is 1. The number of halogens is 2. The number of hydrogen-bond acceptors (Lipinski definition) is 3. The van der Waals surface area contributed by atoms with Gasteiger partial charge in [-0.15, -0.1) is 0 Å². The fourth-order valence-electron chi connectivity index (χ4n) is 3.44. The van der Waals surface area contributed by atoms with E-state index in [0.29, 0.717) is 26.2 Å². The first-order valence-electron chi connectivity index (χ1n) is 7.73. The van der Waals surface area contributed by atoms with Crippen molar-refractivity contribution < 1.29 is 18.7 Å². The molecule has 0 bridgehead atoms. The number of amides is 1. The fourth-order valence-corrected chi connectivity index (χ4v) is 3.44. The molecule has 120 valence electrons. The zero-order valence-corrected chi connectivity index (χ0v) is 12.3. The molecule has 2 fully saturated rings. The number of aliphatic hydroxyl groups excluding tert-OH is 1. The van der Waals surface area contributed by atoms with E-state index in [-0.39, 0.29) is 17.7 Å². The van der Waals surface area contributed by atoms with Crippen LogP contribution >= 0.6 is 0 Å². The third-order valence-electron chi connectivity index (χ3n) is 4.70. The average molecular weight is 310 g/mol. The van der Waals surface area contributed by atoms with E-state index in [1.165, 1.54) is 12.1 Å². The predicted octanol–water partition coefficient (Wildman–Crippen LogP) is 1.64. The third-order valence-corrected chi connectivity index (χ3v) is 4.70. The van der Waals surface area contributed by atoms with Crippen LogP contribution in [0.15, 0.2) is 18.2 Å². The van der Waals surface area contributed by atoms with E-state index in [1.54, 1.807) is 4.90 Å². The monoisotopic (exact) mass is 310 g/mol. The van der Waals surface area contributed by atoms with Gasteiger partial charge in [0, 0.05) is 32.2 Å². The zero-order valence-electron chi connectivity index (χ0n) is 12.3. The molecule has 1 aliphatic carbocycles. The van der Waals surface area contributed by atoms with Crippen molar-refractivity contribution in [1.29, 1.82) is 0 Å². The molecule has 0 unspecified atom stereocenters. The smallest absolute Gasteiger partial charge is 0.257 e. The van der Waals surface area contributed by atoms with Crippen LogP contribution in [0, 0.1) is 11.6 Å². The van der Waals surface area contributed by atoms with Crippen LogP contribution in [0.25, 0.3) is 0 Å². The summed E-state index contributed by atoms with van der Waals surface area (Å²) in [5.41, 5.74) is -0.214. The molecule has 4 nitrogen and oxygen atoms in total. The first kappa shape index (κ1) is 15.4. The Bertz CT molecular complexity index is 559. The Morgan fingerprint density at radius 1 is 1.14 bits per heavy atom. The lowest BCUT2D eigenvalue weighted by molar-refractivity contribution is 0.0313. The molecule has 22 heavy (non-hydrogen) atoms. The number of carbonyl (C=O) groups excluding carboxylic acids is 1. The summed E-state index contributed by atoms with van der Waals surface area (Å²) in [6.45, 7) is 2.25. The molecule has 1 aliphatic heterocycles. The molecule has 0 aromatic heterocycles. The first-order valence-corrected chi connectivity index (χ1v) is 7.73. The molecular weight excluding hydrogens is 290 g/mol. The lowest BCUT2D eigenvalue weighted by Gasteiger charge is -2.39. The summed E-state index contributed by atoms with van der Waals surface area (Å²) < 4.78 is 26.9. The molecule has 0 spiro atoms. The van der Waals surface area contributed by atoms with E-state index >= 15 is 0 Å². The molecule has 1 amide bonds. The van der Waals surface area contributed by atoms with Gasteiger partial charge in [-0.2, -0.15) is 0 Å². The van der Waals surface area contributed by atoms with E-state index < -0.39 is 17.5 Å². The van der Waals surface area contributed by atoms with E-state index in [0.717, 1.165) is 25.3 Å². The van der Waals surface area contributed by atoms with E-state index in [1.807, 2.05) is 0 Å². The summed E-state index contributed by atoms with van der Waals surface area (Å²) in [7, 11) is 0. The normalized spacial score (nSPS) is 26.4. The second-order valence-electron chi connectivity index (χ2n) is 6.00. The Kier molecular flexibility index (Phi) is 4.40. The minimum atomic E-state index is -1.08. The molecule has 1 aromatic rings. The Morgan fingerprint density at radius 3 is 2.50 bits per heavy atom. The van der Waals surface area contributed by atoms with Gasteiger partial charge in [0.25, 0.3) is 5.91 Å². The standard InChI is InChI=1S/C16H20F2N2O2/c17-12-4-1-3-11(15(12)18)16(22)20-9-7-19(8-10-20)13-5-2-6-14(13)21/h1,3-4,13-14,21H,2,5-10H2/t13-,14+/m1/s1. The van der Waals surface area contributed by atoms with Gasteiger partial charge in [-0.3, -0.25) is 9.69 Å². The molecule has 0 radical (unpaired) electrons. The molecule has 1 saturated heterocycles. The minimum absolute atomic E-state index is 0.170. The third kappa shape index (κ3) is 2.85. The van der Waals surface area contributed by atoms with Crippen molar-refractivity contribution in [3.8, 4) is 0 Å². The van der Waals surface area contributed by atoms with Gasteiger partial charge in [-0.25, -0.2) is 8.78 Å². The molecule has 6 heteroatoms. The molecule has 1 aromatic carbocycles. The topological polar surface area (TPSA) is 43.8 Å². The number of carbonyl (C=O) groups is 1. The quantitative estimate of drug-likeness (QED) is 0.903. The maximum Gasteiger partial charge on any atom is 0.257 e. The van der Waals surface area contributed by atoms with Gasteiger partial charge in [0.05, 0.1) is 11.7 Å². The van der Waals surface area contributed by atoms with Crippen molar-refractivity contribution in [1.82, 2.24) is 9.80 Å². The average Bonchev–Trinajstić information content (AvgIpc) is 2.96. The van der Waals surface area contributed by atoms with Gasteiger partial charge < -0.3 is 10.0 Å². The van der Waals surface area contributed by atoms with Crippen LogP contribution in [-0.2, 0) is 0 Å². The molecule has 2 aliphatic rings. The van der Waals surface area contributed by atoms with Crippen LogP contribution < -0.4 is 0 Å². The highest BCUT2D eigenvalue weighted by molar-refractivity contribution is 5.94. The number of rotatable bonds is 2. The Balaban J connectivity index is 1.63. The van der Waals surface area contributed by atoms with Gasteiger partial charge in [0.15, 0.2) is 11.6 Å². The lowest BCUT2D eigenvalue weighted by Crippen LogP contribution is -2.53. The van der Waals surface area contributed by atoms with E-state index in [4.69, 9.17) is 0 Å². The highest BCUT2D eigenvalue weighted by atomic mass is 19.2. The van der Waals surface area contributed by atoms with Crippen LogP contribution in [0.3, 0.4) is 0 Å². The highest BCUT2D eigenvalue weighted by Crippen LogP contribution is 2.25. The maximum atomic E-state index is 13.7. The summed E-state index contributed by atoms with van der Waals surface area (Å²) in [4.78, 5) is 16.1. The second-order valence-corrected chi connectivity index (χ2v) is 6.00. The Morgan fingerprint density at radius 2 is 1.86 bits per heavy atom. The van der Waals surface area contributed by atoms with Crippen LogP contribution in [0.1, 0.15) is 29.6 Å². The van der Waals surface area contributed by atoms with Crippen molar-refractivity contribution in [2.24, 2.45) is 0 Å². The van der Waals surface area contributed by atoms with Crippen LogP contribution in [0.2, 0.25) is 0 Å². The number of benzene rings is 1. The van der Waals surface area contributed by atoms with E-state index in [9.17, 15) is 18.7 Å². The molecule has 1 heterocycles. The summed E-state index contributed by atoms with van der Waals surface area (Å²) >= 11 is 0. The van der Waals surface area contributed by atoms with Crippen molar-refractivity contribution in [3.63, 3.8) is 0 Å². The van der Waals surface area contributed by atoms with Gasteiger partial charge in [-0.05, 0) is 31.4 Å². The Hall–Kier alpha value is -1.53. The number of nitrogens with zero attached hydrogens (tertiary/aromatic N) is 2. The van der Waals surface area contributed by atoms with Gasteiger partial charge >= 0.3 is 0 Å². The largest absolute Gasteiger partial charge is 0.391 e. The van der Waals surface area contributed by atoms with Crippen LogP contribution in [0.4, 0.5) is 8.78 Å². The van der Waals surface area contributed by atoms with Crippen LogP contribution in [0.5, 0.6) is 0 Å². The van der Waals surface area contributed by atoms with Gasteiger partial charge in [-0.1, -0.05) is 6.07 Å². The summed E-state index contributed by atoms with van der Waals surface area (Å²) in [6, 6.07) is 3.83. The molecule has 1 N–H and O–H groups in total. The van der Waals surface area contributed by atoms with Gasteiger partial charge in [0.2, 0.25) is 0 Å². The summed E-state index contributed by atoms with van der Waals surface area (Å²) in [6.07, 6.45) is 2.55. The predicted molar refractivity (Wildman–Crippen MR) is 77.5 cm³/mol. The van der Waals surface area contributed by atoms with Crippen LogP contribution in [-0.4, -0.2) is 59.1 Å². The SMILES string of the molecule is O=C(c1cccc(F)c1F)N1CCN([C@@H]2CCC[C@@H]2O)CC1. The highest BCUT2D eigenvalue weighted by Gasteiger charge is 2.33. The number of piperazine rings is 1. The summed E-state index contributed by atoms with van der Waals surface area (Å²) in [5, 5.41) is 9.95. The summed E-state index contributed by atoms with van der Waals surface area (Å²) in [5.74, 6) is -2.55. The van der Waals surface area contributed by atoms with Gasteiger partial charge in [0.1, 0.15) is 0 Å². The molecule has 3 rings (SSSR count).